The molecule has 1 unspecified atom stereocenters. The Labute approximate surface area is 120 Å². The molecule has 0 spiro atoms. The predicted molar refractivity (Wildman–Crippen MR) is 77.8 cm³/mol. The van der Waals surface area contributed by atoms with E-state index in [0.717, 1.165) is 5.56 Å². The van der Waals surface area contributed by atoms with E-state index in [0.29, 0.717) is 15.9 Å². The van der Waals surface area contributed by atoms with Gasteiger partial charge < -0.3 is 15.1 Å². The number of rotatable bonds is 3. The van der Waals surface area contributed by atoms with Crippen LogP contribution in [0.25, 0.3) is 0 Å². The molecule has 1 atom stereocenters. The van der Waals surface area contributed by atoms with Gasteiger partial charge in [-0.15, -0.1) is 0 Å². The summed E-state index contributed by atoms with van der Waals surface area (Å²) in [6.07, 6.45) is 1.48. The van der Waals surface area contributed by atoms with Crippen LogP contribution in [0.5, 0.6) is 0 Å². The Morgan fingerprint density at radius 1 is 1.42 bits per heavy atom. The fourth-order valence-corrected chi connectivity index (χ4v) is 2.26. The minimum absolute atomic E-state index is 0.0715. The molecule has 1 aromatic carbocycles. The molecule has 1 aromatic heterocycles. The van der Waals surface area contributed by atoms with Crippen LogP contribution in [-0.2, 0) is 0 Å². The molecule has 1 heterocycles. The van der Waals surface area contributed by atoms with Crippen LogP contribution in [0.2, 0.25) is 0 Å². The van der Waals surface area contributed by atoms with Crippen molar-refractivity contribution in [2.45, 2.75) is 13.0 Å². The van der Waals surface area contributed by atoms with Gasteiger partial charge in [0.15, 0.2) is 4.67 Å². The third kappa shape index (κ3) is 2.81. The summed E-state index contributed by atoms with van der Waals surface area (Å²) in [5.74, 6) is -0.101. The molecule has 100 valence electrons. The molecule has 0 aliphatic heterocycles. The highest BCUT2D eigenvalue weighted by atomic mass is 79.9. The number of anilines is 1. The number of nitrogens with zero attached hydrogens (tertiary/aromatic N) is 1. The van der Waals surface area contributed by atoms with Crippen molar-refractivity contribution < 1.29 is 9.21 Å². The highest BCUT2D eigenvalue weighted by Crippen LogP contribution is 2.25. The summed E-state index contributed by atoms with van der Waals surface area (Å²) in [4.78, 5) is 14.0. The minimum atomic E-state index is -0.101. The van der Waals surface area contributed by atoms with E-state index in [9.17, 15) is 4.79 Å². The summed E-state index contributed by atoms with van der Waals surface area (Å²) in [5, 5.41) is 0. The monoisotopic (exact) mass is 322 g/mol. The second kappa shape index (κ2) is 5.48. The highest BCUT2D eigenvalue weighted by Gasteiger charge is 2.22. The Balaban J connectivity index is 2.22. The van der Waals surface area contributed by atoms with Gasteiger partial charge >= 0.3 is 0 Å². The van der Waals surface area contributed by atoms with Crippen molar-refractivity contribution in [3.05, 3.63) is 52.4 Å². The van der Waals surface area contributed by atoms with Crippen LogP contribution < -0.4 is 5.73 Å². The van der Waals surface area contributed by atoms with Crippen LogP contribution >= 0.6 is 15.9 Å². The van der Waals surface area contributed by atoms with E-state index in [1.54, 1.807) is 18.0 Å². The second-order valence-electron chi connectivity index (χ2n) is 4.37. The fraction of sp³-hybridized carbons (Fsp3) is 0.214. The summed E-state index contributed by atoms with van der Waals surface area (Å²) in [5.41, 5.74) is 7.96. The molecule has 0 aliphatic rings. The number of hydrogen-bond acceptors (Lipinski definition) is 3. The zero-order chi connectivity index (χ0) is 14.0. The minimum Gasteiger partial charge on any atom is -0.457 e. The number of halogens is 1. The van der Waals surface area contributed by atoms with Gasteiger partial charge in [0, 0.05) is 12.7 Å². The van der Waals surface area contributed by atoms with Crippen molar-refractivity contribution >= 4 is 27.5 Å². The SMILES string of the molecule is CC(c1cccc(N)c1)N(C)C(=O)c1ccoc1Br. The maximum atomic E-state index is 12.3. The van der Waals surface area contributed by atoms with Crippen molar-refractivity contribution in [2.75, 3.05) is 12.8 Å². The summed E-state index contributed by atoms with van der Waals surface area (Å²) in [6, 6.07) is 9.11. The van der Waals surface area contributed by atoms with E-state index < -0.39 is 0 Å². The van der Waals surface area contributed by atoms with Crippen molar-refractivity contribution in [3.8, 4) is 0 Å². The largest absolute Gasteiger partial charge is 0.457 e. The number of benzene rings is 1. The van der Waals surface area contributed by atoms with Gasteiger partial charge in [0.25, 0.3) is 5.91 Å². The number of carbonyl (C=O) groups is 1. The van der Waals surface area contributed by atoms with Crippen molar-refractivity contribution in [1.29, 1.82) is 0 Å². The molecule has 0 bridgehead atoms. The standard InChI is InChI=1S/C14H15BrN2O2/c1-9(10-4-3-5-11(16)8-10)17(2)14(18)12-6-7-19-13(12)15/h3-9H,16H2,1-2H3. The first-order chi connectivity index (χ1) is 9.00. The van der Waals surface area contributed by atoms with Gasteiger partial charge in [-0.2, -0.15) is 0 Å². The Hall–Kier alpha value is -1.75. The summed E-state index contributed by atoms with van der Waals surface area (Å²) in [6.45, 7) is 1.96. The topological polar surface area (TPSA) is 59.5 Å². The average Bonchev–Trinajstić information content (AvgIpc) is 2.82. The number of nitrogens with two attached hydrogens (primary N) is 1. The molecule has 2 rings (SSSR count). The number of nitrogen functional groups attached to an aromatic ring is 1. The van der Waals surface area contributed by atoms with Gasteiger partial charge in [0.05, 0.1) is 17.9 Å². The molecule has 0 saturated heterocycles. The zero-order valence-electron chi connectivity index (χ0n) is 10.8. The molecule has 0 radical (unpaired) electrons. The molecule has 5 heteroatoms. The first kappa shape index (κ1) is 13.7. The van der Waals surface area contributed by atoms with Crippen LogP contribution in [0.4, 0.5) is 5.69 Å². The van der Waals surface area contributed by atoms with Crippen molar-refractivity contribution in [1.82, 2.24) is 4.90 Å². The van der Waals surface area contributed by atoms with Gasteiger partial charge in [-0.3, -0.25) is 4.79 Å². The number of furan rings is 1. The van der Waals surface area contributed by atoms with E-state index in [2.05, 4.69) is 15.9 Å². The molecule has 1 amide bonds. The number of carbonyl (C=O) groups excluding carboxylic acids is 1. The zero-order valence-corrected chi connectivity index (χ0v) is 12.3. The lowest BCUT2D eigenvalue weighted by molar-refractivity contribution is 0.0740. The van der Waals surface area contributed by atoms with Gasteiger partial charge in [-0.1, -0.05) is 12.1 Å². The smallest absolute Gasteiger partial charge is 0.258 e. The molecular weight excluding hydrogens is 308 g/mol. The van der Waals surface area contributed by atoms with Crippen LogP contribution in [-0.4, -0.2) is 17.9 Å². The third-order valence-electron chi connectivity index (χ3n) is 3.14. The molecule has 0 saturated carbocycles. The summed E-state index contributed by atoms with van der Waals surface area (Å²) in [7, 11) is 1.76. The second-order valence-corrected chi connectivity index (χ2v) is 5.09. The summed E-state index contributed by atoms with van der Waals surface area (Å²) < 4.78 is 5.54. The average molecular weight is 323 g/mol. The number of amides is 1. The molecule has 2 N–H and O–H groups in total. The van der Waals surface area contributed by atoms with E-state index in [1.165, 1.54) is 6.26 Å². The Morgan fingerprint density at radius 3 is 2.74 bits per heavy atom. The van der Waals surface area contributed by atoms with E-state index in [4.69, 9.17) is 10.2 Å². The van der Waals surface area contributed by atoms with Gasteiger partial charge in [0.2, 0.25) is 0 Å². The van der Waals surface area contributed by atoms with Crippen molar-refractivity contribution in [3.63, 3.8) is 0 Å². The first-order valence-corrected chi connectivity index (χ1v) is 6.65. The van der Waals surface area contributed by atoms with E-state index in [1.807, 2.05) is 31.2 Å². The lowest BCUT2D eigenvalue weighted by Crippen LogP contribution is -2.29. The van der Waals surface area contributed by atoms with Crippen molar-refractivity contribution in [2.24, 2.45) is 0 Å². The normalized spacial score (nSPS) is 12.2. The highest BCUT2D eigenvalue weighted by molar-refractivity contribution is 9.10. The van der Waals surface area contributed by atoms with E-state index >= 15 is 0 Å². The summed E-state index contributed by atoms with van der Waals surface area (Å²) >= 11 is 3.22. The van der Waals surface area contributed by atoms with Gasteiger partial charge in [-0.05, 0) is 46.6 Å². The fourth-order valence-electron chi connectivity index (χ4n) is 1.85. The molecule has 2 aromatic rings. The van der Waals surface area contributed by atoms with Gasteiger partial charge in [0.1, 0.15) is 0 Å². The Kier molecular flexibility index (Phi) is 3.95. The molecule has 0 fully saturated rings. The molecule has 4 nitrogen and oxygen atoms in total. The van der Waals surface area contributed by atoms with Gasteiger partial charge in [-0.25, -0.2) is 0 Å². The molecule has 0 aliphatic carbocycles. The lowest BCUT2D eigenvalue weighted by atomic mass is 10.1. The van der Waals surface area contributed by atoms with Crippen LogP contribution in [0.3, 0.4) is 0 Å². The van der Waals surface area contributed by atoms with Crippen LogP contribution in [0.15, 0.2) is 45.7 Å². The first-order valence-electron chi connectivity index (χ1n) is 5.86. The van der Waals surface area contributed by atoms with Crippen LogP contribution in [0, 0.1) is 0 Å². The Morgan fingerprint density at radius 2 is 2.16 bits per heavy atom. The third-order valence-corrected chi connectivity index (χ3v) is 3.76. The van der Waals surface area contributed by atoms with E-state index in [-0.39, 0.29) is 11.9 Å². The maximum absolute atomic E-state index is 12.3. The lowest BCUT2D eigenvalue weighted by Gasteiger charge is -2.25. The Bertz CT molecular complexity index is 595. The molecular formula is C14H15BrN2O2. The predicted octanol–water partition coefficient (Wildman–Crippen LogP) is 3.46. The van der Waals surface area contributed by atoms with Crippen LogP contribution in [0.1, 0.15) is 28.9 Å². The number of hydrogen-bond donors (Lipinski definition) is 1. The maximum Gasteiger partial charge on any atom is 0.258 e. The molecule has 19 heavy (non-hydrogen) atoms. The quantitative estimate of drug-likeness (QED) is 0.880.